The second-order valence-corrected chi connectivity index (χ2v) is 15.5. The minimum atomic E-state index is -1.13. The van der Waals surface area contributed by atoms with Crippen molar-refractivity contribution in [2.45, 2.75) is 55.7 Å². The largest absolute Gasteiger partial charge is 0.497 e. The molecular weight excluding hydrogens is 651 g/mol. The molecular formula is C36H43N3O7S2. The zero-order valence-electron chi connectivity index (χ0n) is 27.8. The first-order chi connectivity index (χ1) is 23.1. The van der Waals surface area contributed by atoms with E-state index in [0.29, 0.717) is 23.9 Å². The van der Waals surface area contributed by atoms with Gasteiger partial charge >= 0.3 is 5.69 Å². The van der Waals surface area contributed by atoms with E-state index in [1.165, 1.54) is 16.8 Å². The third-order valence-electron chi connectivity index (χ3n) is 7.86. The molecule has 1 aliphatic heterocycles. The Kier molecular flexibility index (Phi) is 11.8. The van der Waals surface area contributed by atoms with Gasteiger partial charge in [-0.1, -0.05) is 97.0 Å². The number of nitrogen functional groups attached to an aromatic ring is 1. The number of nitrogens with zero attached hydrogens (tertiary/aromatic N) is 2. The van der Waals surface area contributed by atoms with Gasteiger partial charge < -0.3 is 34.5 Å². The van der Waals surface area contributed by atoms with Crippen LogP contribution in [0, 0.1) is 0 Å². The number of rotatable bonds is 14. The highest BCUT2D eigenvalue weighted by atomic mass is 33.1. The molecule has 0 saturated carbocycles. The van der Waals surface area contributed by atoms with Crippen LogP contribution in [0.1, 0.15) is 43.7 Å². The maximum atomic E-state index is 12.9. The zero-order chi connectivity index (χ0) is 34.3. The van der Waals surface area contributed by atoms with Crippen molar-refractivity contribution >= 4 is 27.4 Å². The van der Waals surface area contributed by atoms with E-state index in [-0.39, 0.29) is 17.2 Å². The van der Waals surface area contributed by atoms with Crippen molar-refractivity contribution in [2.24, 2.45) is 0 Å². The Hall–Kier alpha value is -3.52. The van der Waals surface area contributed by atoms with Crippen LogP contribution in [0.2, 0.25) is 0 Å². The molecule has 0 aliphatic carbocycles. The van der Waals surface area contributed by atoms with Crippen molar-refractivity contribution in [2.75, 3.05) is 38.9 Å². The van der Waals surface area contributed by atoms with Crippen LogP contribution in [0.25, 0.3) is 0 Å². The Morgan fingerprint density at radius 2 is 1.48 bits per heavy atom. The first kappa shape index (κ1) is 35.8. The lowest BCUT2D eigenvalue weighted by Crippen LogP contribution is -2.41. The fraction of sp³-hybridized carbons (Fsp3) is 0.389. The lowest BCUT2D eigenvalue weighted by atomic mass is 9.80. The van der Waals surface area contributed by atoms with Crippen LogP contribution in [0.3, 0.4) is 0 Å². The number of nitrogens with two attached hydrogens (primary N) is 1. The monoisotopic (exact) mass is 693 g/mol. The molecule has 48 heavy (non-hydrogen) atoms. The van der Waals surface area contributed by atoms with E-state index in [0.717, 1.165) is 16.7 Å². The summed E-state index contributed by atoms with van der Waals surface area (Å²) in [4.78, 5) is 16.8. The topological polar surface area (TPSA) is 127 Å². The van der Waals surface area contributed by atoms with Gasteiger partial charge in [0.2, 0.25) is 0 Å². The fourth-order valence-corrected chi connectivity index (χ4v) is 7.71. The Morgan fingerprint density at radius 3 is 2.02 bits per heavy atom. The lowest BCUT2D eigenvalue weighted by Gasteiger charge is -2.37. The number of hydrogen-bond acceptors (Lipinski definition) is 11. The van der Waals surface area contributed by atoms with Gasteiger partial charge in [-0.25, -0.2) is 4.79 Å². The Bertz CT molecular complexity index is 1620. The van der Waals surface area contributed by atoms with Gasteiger partial charge in [-0.2, -0.15) is 4.98 Å². The molecule has 2 heterocycles. The molecule has 5 rings (SSSR count). The van der Waals surface area contributed by atoms with Crippen LogP contribution in [-0.4, -0.2) is 70.9 Å². The number of methoxy groups -OCH3 is 2. The molecule has 1 aliphatic rings. The highest BCUT2D eigenvalue weighted by molar-refractivity contribution is 8.77. The molecule has 0 amide bonds. The standard InChI is InChI=1S/C36H43N3O7S2/c1-35(2,3)48-47-22-21-44-32-31(40)29(46-33(32)39-20-19-30(37)38-34(39)41)23-45-36(24-9-7-6-8-10-24,25-11-15-27(42-4)16-12-25)26-13-17-28(43-5)18-14-26/h6-20,29,31-33,40H,21-23H2,1-5H3,(H2,37,38,41)/t29-,31-,32-,33-/m1/s1. The first-order valence-electron chi connectivity index (χ1n) is 15.6. The van der Waals surface area contributed by atoms with Crippen LogP contribution in [-0.2, 0) is 19.8 Å². The molecule has 3 aromatic carbocycles. The average Bonchev–Trinajstić information content (AvgIpc) is 3.39. The van der Waals surface area contributed by atoms with Crippen LogP contribution in [0.15, 0.2) is 95.9 Å². The van der Waals surface area contributed by atoms with E-state index >= 15 is 0 Å². The van der Waals surface area contributed by atoms with Crippen LogP contribution in [0.4, 0.5) is 5.82 Å². The number of anilines is 1. The molecule has 0 radical (unpaired) electrons. The van der Waals surface area contributed by atoms with Crippen molar-refractivity contribution in [3.8, 4) is 11.5 Å². The van der Waals surface area contributed by atoms with E-state index in [4.69, 9.17) is 29.4 Å². The van der Waals surface area contributed by atoms with Gasteiger partial charge in [0, 0.05) is 16.7 Å². The van der Waals surface area contributed by atoms with Gasteiger partial charge in [-0.15, -0.1) is 0 Å². The minimum Gasteiger partial charge on any atom is -0.497 e. The van der Waals surface area contributed by atoms with Gasteiger partial charge in [0.25, 0.3) is 0 Å². The van der Waals surface area contributed by atoms with Crippen molar-refractivity contribution in [3.63, 3.8) is 0 Å². The maximum absolute atomic E-state index is 12.9. The third-order valence-corrected chi connectivity index (χ3v) is 11.2. The van der Waals surface area contributed by atoms with Crippen molar-refractivity contribution in [3.05, 3.63) is 118 Å². The second-order valence-electron chi connectivity index (χ2n) is 12.3. The summed E-state index contributed by atoms with van der Waals surface area (Å²) in [6.45, 7) is 6.74. The molecule has 1 saturated heterocycles. The van der Waals surface area contributed by atoms with E-state index in [2.05, 4.69) is 25.8 Å². The Balaban J connectivity index is 1.49. The molecule has 4 atom stereocenters. The number of benzene rings is 3. The highest BCUT2D eigenvalue weighted by Gasteiger charge is 2.48. The quantitative estimate of drug-likeness (QED) is 0.0963. The van der Waals surface area contributed by atoms with Crippen LogP contribution >= 0.6 is 21.6 Å². The molecule has 1 fully saturated rings. The van der Waals surface area contributed by atoms with Crippen LogP contribution in [0.5, 0.6) is 11.5 Å². The summed E-state index contributed by atoms with van der Waals surface area (Å²) in [5.74, 6) is 2.18. The predicted octanol–water partition coefficient (Wildman–Crippen LogP) is 5.67. The molecule has 256 valence electrons. The Labute approximate surface area is 289 Å². The smallest absolute Gasteiger partial charge is 0.351 e. The molecule has 0 unspecified atom stereocenters. The van der Waals surface area contributed by atoms with E-state index in [1.54, 1.807) is 35.8 Å². The second kappa shape index (κ2) is 15.8. The summed E-state index contributed by atoms with van der Waals surface area (Å²) in [6.07, 6.45) is -2.30. The maximum Gasteiger partial charge on any atom is 0.351 e. The fourth-order valence-electron chi connectivity index (χ4n) is 5.60. The summed E-state index contributed by atoms with van der Waals surface area (Å²) in [5.41, 5.74) is 6.59. The number of ether oxygens (including phenoxy) is 5. The van der Waals surface area contributed by atoms with Crippen molar-refractivity contribution in [1.29, 1.82) is 0 Å². The predicted molar refractivity (Wildman–Crippen MR) is 191 cm³/mol. The molecule has 1 aromatic heterocycles. The van der Waals surface area contributed by atoms with Gasteiger partial charge in [0.05, 0.1) is 27.4 Å². The van der Waals surface area contributed by atoms with E-state index in [9.17, 15) is 9.90 Å². The van der Waals surface area contributed by atoms with E-state index in [1.807, 2.05) is 78.9 Å². The van der Waals surface area contributed by atoms with Gasteiger partial charge in [0.15, 0.2) is 6.23 Å². The molecule has 12 heteroatoms. The summed E-state index contributed by atoms with van der Waals surface area (Å²) < 4.78 is 32.0. The van der Waals surface area contributed by atoms with E-state index < -0.39 is 35.8 Å². The zero-order valence-corrected chi connectivity index (χ0v) is 29.4. The highest BCUT2D eigenvalue weighted by Crippen LogP contribution is 2.43. The van der Waals surface area contributed by atoms with Crippen LogP contribution < -0.4 is 20.9 Å². The average molecular weight is 694 g/mol. The van der Waals surface area contributed by atoms with Gasteiger partial charge in [-0.3, -0.25) is 4.57 Å². The van der Waals surface area contributed by atoms with Gasteiger partial charge in [0.1, 0.15) is 41.2 Å². The van der Waals surface area contributed by atoms with Crippen molar-refractivity contribution < 1.29 is 28.8 Å². The SMILES string of the molecule is COc1ccc(C(OC[C@H]2O[C@@H](n3ccc(N)nc3=O)[C@H](OCCSSC(C)(C)C)[C@@H]2O)(c2ccccc2)c2ccc(OC)cc2)cc1. The molecule has 4 aromatic rings. The molecule has 0 bridgehead atoms. The minimum absolute atomic E-state index is 0.0454. The third kappa shape index (κ3) is 8.19. The molecule has 0 spiro atoms. The summed E-state index contributed by atoms with van der Waals surface area (Å²) in [5, 5.41) is 11.7. The lowest BCUT2D eigenvalue weighted by molar-refractivity contribution is -0.0976. The van der Waals surface area contributed by atoms with Gasteiger partial charge in [-0.05, 0) is 47.0 Å². The normalized spacial score (nSPS) is 19.7. The number of hydrogen-bond donors (Lipinski definition) is 2. The summed E-state index contributed by atoms with van der Waals surface area (Å²) in [7, 11) is 6.69. The Morgan fingerprint density at radius 1 is 0.896 bits per heavy atom. The molecule has 3 N–H and O–H groups in total. The number of aliphatic hydroxyl groups is 1. The molecule has 10 nitrogen and oxygen atoms in total. The summed E-state index contributed by atoms with van der Waals surface area (Å²) in [6, 6.07) is 26.8. The summed E-state index contributed by atoms with van der Waals surface area (Å²) >= 11 is 0. The number of aliphatic hydroxyl groups excluding tert-OH is 1. The number of aromatic nitrogens is 2. The first-order valence-corrected chi connectivity index (χ1v) is 18.0. The van der Waals surface area contributed by atoms with Crippen molar-refractivity contribution in [1.82, 2.24) is 9.55 Å².